The Morgan fingerprint density at radius 1 is 1.12 bits per heavy atom. The second-order valence-electron chi connectivity index (χ2n) is 7.90. The first-order chi connectivity index (χ1) is 15.4. The molecule has 2 aliphatic heterocycles. The fourth-order valence-electron chi connectivity index (χ4n) is 4.32. The zero-order valence-corrected chi connectivity index (χ0v) is 17.0. The summed E-state index contributed by atoms with van der Waals surface area (Å²) in [6, 6.07) is 11.7. The maximum Gasteiger partial charge on any atom is 0.416 e. The van der Waals surface area contributed by atoms with E-state index < -0.39 is 11.7 Å². The Labute approximate surface area is 182 Å². The molecule has 0 aliphatic carbocycles. The van der Waals surface area contributed by atoms with Gasteiger partial charge < -0.3 is 10.2 Å². The molecule has 1 N–H and O–H groups in total. The van der Waals surface area contributed by atoms with Gasteiger partial charge in [-0.05, 0) is 49.2 Å². The molecule has 0 saturated carbocycles. The molecule has 6 nitrogen and oxygen atoms in total. The topological polar surface area (TPSA) is 61.4 Å². The molecular weight excluding hydrogens is 419 g/mol. The smallest absolute Gasteiger partial charge is 0.366 e. The first-order valence-electron chi connectivity index (χ1n) is 10.3. The number of nitrogens with one attached hydrogen (secondary N) is 1. The van der Waals surface area contributed by atoms with Gasteiger partial charge in [0.15, 0.2) is 5.82 Å². The van der Waals surface area contributed by atoms with E-state index in [2.05, 4.69) is 20.2 Å². The molecule has 2 amide bonds. The van der Waals surface area contributed by atoms with Gasteiger partial charge in [0.1, 0.15) is 0 Å². The number of fused-ring (bicyclic) bond motifs is 4. The van der Waals surface area contributed by atoms with Crippen LogP contribution in [0.5, 0.6) is 0 Å². The highest BCUT2D eigenvalue weighted by Gasteiger charge is 2.38. The number of carbonyl (C=O) groups excluding carboxylic acids is 1. The Balaban J connectivity index is 1.55. The fourth-order valence-corrected chi connectivity index (χ4v) is 4.32. The van der Waals surface area contributed by atoms with E-state index in [1.165, 1.54) is 6.07 Å². The van der Waals surface area contributed by atoms with E-state index in [1.54, 1.807) is 41.6 Å². The van der Waals surface area contributed by atoms with E-state index in [0.717, 1.165) is 37.2 Å². The maximum absolute atomic E-state index is 13.2. The van der Waals surface area contributed by atoms with Crippen molar-refractivity contribution < 1.29 is 18.0 Å². The number of rotatable bonds is 2. The molecule has 164 valence electrons. The molecular formula is C23H20F3N5O. The highest BCUT2D eigenvalue weighted by Crippen LogP contribution is 2.40. The third kappa shape index (κ3) is 3.74. The van der Waals surface area contributed by atoms with Crippen LogP contribution in [0.2, 0.25) is 0 Å². The van der Waals surface area contributed by atoms with Crippen molar-refractivity contribution in [2.45, 2.75) is 25.1 Å². The Kier molecular flexibility index (Phi) is 4.96. The molecule has 2 bridgehead atoms. The number of nitrogens with zero attached hydrogens (tertiary/aromatic N) is 4. The van der Waals surface area contributed by atoms with Crippen molar-refractivity contribution in [1.29, 1.82) is 0 Å². The summed E-state index contributed by atoms with van der Waals surface area (Å²) in [6.45, 7) is 1.55. The molecule has 32 heavy (non-hydrogen) atoms. The van der Waals surface area contributed by atoms with E-state index in [9.17, 15) is 18.0 Å². The summed E-state index contributed by atoms with van der Waals surface area (Å²) in [7, 11) is 0. The quantitative estimate of drug-likeness (QED) is 0.598. The number of benzene rings is 1. The van der Waals surface area contributed by atoms with E-state index >= 15 is 0 Å². The lowest BCUT2D eigenvalue weighted by molar-refractivity contribution is -0.137. The lowest BCUT2D eigenvalue weighted by atomic mass is 9.99. The molecule has 1 atom stereocenters. The minimum atomic E-state index is -4.44. The molecule has 5 rings (SSSR count). The van der Waals surface area contributed by atoms with Crippen LogP contribution in [0.3, 0.4) is 0 Å². The SMILES string of the molecule is O=C(Nc1cccnc1)N1c2nc(-c3cccc(C(F)(F)F)c3)ccc2N2CCCC1C2. The van der Waals surface area contributed by atoms with Crippen molar-refractivity contribution in [1.82, 2.24) is 9.97 Å². The second-order valence-corrected chi connectivity index (χ2v) is 7.90. The summed E-state index contributed by atoms with van der Waals surface area (Å²) in [6.07, 6.45) is 0.501. The minimum Gasteiger partial charge on any atom is -0.366 e. The monoisotopic (exact) mass is 439 g/mol. The minimum absolute atomic E-state index is 0.0721. The summed E-state index contributed by atoms with van der Waals surface area (Å²) in [5, 5.41) is 2.86. The summed E-state index contributed by atoms with van der Waals surface area (Å²) in [4.78, 5) is 25.8. The fraction of sp³-hybridized carbons (Fsp3) is 0.261. The number of amides is 2. The van der Waals surface area contributed by atoms with E-state index in [-0.39, 0.29) is 12.1 Å². The van der Waals surface area contributed by atoms with Crippen LogP contribution < -0.4 is 15.1 Å². The van der Waals surface area contributed by atoms with Crippen molar-refractivity contribution in [3.05, 3.63) is 66.5 Å². The van der Waals surface area contributed by atoms with Gasteiger partial charge in [-0.25, -0.2) is 9.78 Å². The molecule has 0 spiro atoms. The highest BCUT2D eigenvalue weighted by molar-refractivity contribution is 6.04. The molecule has 1 fully saturated rings. The zero-order chi connectivity index (χ0) is 22.3. The first-order valence-corrected chi connectivity index (χ1v) is 10.3. The molecule has 4 heterocycles. The van der Waals surface area contributed by atoms with Crippen LogP contribution in [-0.4, -0.2) is 35.1 Å². The number of alkyl halides is 3. The van der Waals surface area contributed by atoms with Crippen molar-refractivity contribution in [3.8, 4) is 11.3 Å². The number of hydrogen-bond donors (Lipinski definition) is 1. The van der Waals surface area contributed by atoms with Gasteiger partial charge in [-0.3, -0.25) is 9.88 Å². The maximum atomic E-state index is 13.2. The lowest BCUT2D eigenvalue weighted by Gasteiger charge is -2.45. The summed E-state index contributed by atoms with van der Waals surface area (Å²) >= 11 is 0. The van der Waals surface area contributed by atoms with Gasteiger partial charge in [-0.15, -0.1) is 0 Å². The Hall–Kier alpha value is -3.62. The summed E-state index contributed by atoms with van der Waals surface area (Å²) < 4.78 is 39.6. The second kappa shape index (κ2) is 7.81. The Bertz CT molecular complexity index is 1150. The normalized spacial score (nSPS) is 17.7. The van der Waals surface area contributed by atoms with E-state index in [0.29, 0.717) is 29.3 Å². The number of hydrogen-bond acceptors (Lipinski definition) is 4. The highest BCUT2D eigenvalue weighted by atomic mass is 19.4. The predicted molar refractivity (Wildman–Crippen MR) is 116 cm³/mol. The van der Waals surface area contributed by atoms with Crippen LogP contribution in [0, 0.1) is 0 Å². The van der Waals surface area contributed by atoms with Gasteiger partial charge in [-0.2, -0.15) is 13.2 Å². The number of pyridine rings is 2. The van der Waals surface area contributed by atoms with Crippen LogP contribution >= 0.6 is 0 Å². The predicted octanol–water partition coefficient (Wildman–Crippen LogP) is 5.18. The molecule has 1 unspecified atom stereocenters. The average molecular weight is 439 g/mol. The number of aromatic nitrogens is 2. The Morgan fingerprint density at radius 2 is 2.00 bits per heavy atom. The summed E-state index contributed by atoms with van der Waals surface area (Å²) in [5.41, 5.74) is 1.36. The van der Waals surface area contributed by atoms with Gasteiger partial charge in [0.05, 0.1) is 34.9 Å². The molecule has 1 saturated heterocycles. The number of halogens is 3. The summed E-state index contributed by atoms with van der Waals surface area (Å²) in [5.74, 6) is 0.456. The van der Waals surface area contributed by atoms with Crippen LogP contribution in [0.1, 0.15) is 18.4 Å². The molecule has 1 aromatic carbocycles. The van der Waals surface area contributed by atoms with Crippen molar-refractivity contribution in [2.75, 3.05) is 28.2 Å². The third-order valence-corrected chi connectivity index (χ3v) is 5.80. The van der Waals surface area contributed by atoms with E-state index in [4.69, 9.17) is 0 Å². The van der Waals surface area contributed by atoms with Crippen LogP contribution in [0.15, 0.2) is 60.9 Å². The largest absolute Gasteiger partial charge is 0.416 e. The van der Waals surface area contributed by atoms with E-state index in [1.807, 2.05) is 6.07 Å². The number of anilines is 3. The third-order valence-electron chi connectivity index (χ3n) is 5.80. The number of carbonyl (C=O) groups is 1. The van der Waals surface area contributed by atoms with Crippen LogP contribution in [0.4, 0.5) is 35.2 Å². The van der Waals surface area contributed by atoms with Crippen LogP contribution in [-0.2, 0) is 6.18 Å². The number of piperidine rings is 1. The lowest BCUT2D eigenvalue weighted by Crippen LogP contribution is -2.56. The van der Waals surface area contributed by atoms with Crippen molar-refractivity contribution in [2.24, 2.45) is 0 Å². The average Bonchev–Trinajstić information content (AvgIpc) is 2.79. The Morgan fingerprint density at radius 3 is 2.78 bits per heavy atom. The molecule has 3 aromatic rings. The van der Waals surface area contributed by atoms with Gasteiger partial charge in [0.2, 0.25) is 0 Å². The van der Waals surface area contributed by atoms with Gasteiger partial charge >= 0.3 is 12.2 Å². The van der Waals surface area contributed by atoms with Gasteiger partial charge in [0, 0.05) is 24.8 Å². The molecule has 2 aromatic heterocycles. The van der Waals surface area contributed by atoms with Gasteiger partial charge in [0.25, 0.3) is 0 Å². The molecule has 0 radical (unpaired) electrons. The molecule has 9 heteroatoms. The van der Waals surface area contributed by atoms with Crippen molar-refractivity contribution in [3.63, 3.8) is 0 Å². The molecule has 2 aliphatic rings. The first kappa shape index (κ1) is 20.3. The van der Waals surface area contributed by atoms with Crippen molar-refractivity contribution >= 4 is 23.2 Å². The standard InChI is InChI=1S/C23H20F3N5O/c24-23(25,26)16-5-1-4-15(12-16)19-8-9-20-21(29-19)31(18-7-3-11-30(20)14-18)22(32)28-17-6-2-10-27-13-17/h1-2,4-6,8-10,12-13,18H,3,7,11,14H2,(H,28,32). The van der Waals surface area contributed by atoms with Gasteiger partial charge in [-0.1, -0.05) is 12.1 Å². The number of urea groups is 1. The van der Waals surface area contributed by atoms with Crippen LogP contribution in [0.25, 0.3) is 11.3 Å². The zero-order valence-electron chi connectivity index (χ0n) is 17.0.